The average molecular weight is 138 g/mol. The van der Waals surface area contributed by atoms with Crippen LogP contribution in [0.1, 0.15) is 12.6 Å². The Morgan fingerprint density at radius 2 is 2.40 bits per heavy atom. The summed E-state index contributed by atoms with van der Waals surface area (Å²) in [5.41, 5.74) is 0.564. The van der Waals surface area contributed by atoms with E-state index in [2.05, 4.69) is 4.98 Å². The van der Waals surface area contributed by atoms with Crippen molar-refractivity contribution in [1.82, 2.24) is 9.55 Å². The van der Waals surface area contributed by atoms with Crippen molar-refractivity contribution in [2.75, 3.05) is 0 Å². The number of aryl methyl sites for hydroxylation is 2. The van der Waals surface area contributed by atoms with Crippen LogP contribution in [0.25, 0.3) is 0 Å². The second-order valence-electron chi connectivity index (χ2n) is 2.10. The Labute approximate surface area is 59.3 Å². The van der Waals surface area contributed by atoms with Gasteiger partial charge in [0.1, 0.15) is 5.69 Å². The summed E-state index contributed by atoms with van der Waals surface area (Å²) in [4.78, 5) is 15.0. The first kappa shape index (κ1) is 6.99. The van der Waals surface area contributed by atoms with E-state index in [0.717, 1.165) is 0 Å². The van der Waals surface area contributed by atoms with Gasteiger partial charge in [-0.3, -0.25) is 9.78 Å². The molecule has 1 aromatic rings. The van der Waals surface area contributed by atoms with Crippen molar-refractivity contribution >= 4 is 0 Å². The van der Waals surface area contributed by atoms with Crippen LogP contribution >= 0.6 is 0 Å². The van der Waals surface area contributed by atoms with Gasteiger partial charge < -0.3 is 4.57 Å². The van der Waals surface area contributed by atoms with E-state index in [4.69, 9.17) is 0 Å². The minimum absolute atomic E-state index is 0.00463. The summed E-state index contributed by atoms with van der Waals surface area (Å²) in [5.74, 6) is 0. The molecule has 0 aliphatic heterocycles. The second kappa shape index (κ2) is 2.64. The number of nitrogens with zero attached hydrogens (tertiary/aromatic N) is 2. The Morgan fingerprint density at radius 3 is 2.90 bits per heavy atom. The van der Waals surface area contributed by atoms with E-state index in [9.17, 15) is 4.79 Å². The zero-order chi connectivity index (χ0) is 7.56. The Kier molecular flexibility index (Phi) is 1.85. The minimum atomic E-state index is 0.00463. The first-order chi connectivity index (χ1) is 4.75. The molecular formula is C7H10N2O. The SMILES string of the molecule is CCn1ccnc(C)c1=O. The molecule has 54 valence electrons. The van der Waals surface area contributed by atoms with Gasteiger partial charge >= 0.3 is 0 Å². The summed E-state index contributed by atoms with van der Waals surface area (Å²) in [7, 11) is 0. The van der Waals surface area contributed by atoms with E-state index in [1.54, 1.807) is 23.9 Å². The molecule has 0 aliphatic rings. The van der Waals surface area contributed by atoms with Gasteiger partial charge in [0, 0.05) is 18.9 Å². The molecule has 0 radical (unpaired) electrons. The second-order valence-corrected chi connectivity index (χ2v) is 2.10. The third-order valence-electron chi connectivity index (χ3n) is 1.43. The van der Waals surface area contributed by atoms with Gasteiger partial charge in [-0.1, -0.05) is 0 Å². The van der Waals surface area contributed by atoms with Crippen LogP contribution in [-0.2, 0) is 6.54 Å². The molecule has 10 heavy (non-hydrogen) atoms. The molecule has 0 atom stereocenters. The van der Waals surface area contributed by atoms with E-state index in [1.165, 1.54) is 0 Å². The number of rotatable bonds is 1. The van der Waals surface area contributed by atoms with Crippen molar-refractivity contribution in [2.45, 2.75) is 20.4 Å². The van der Waals surface area contributed by atoms with Crippen LogP contribution in [0.2, 0.25) is 0 Å². The van der Waals surface area contributed by atoms with Crippen LogP contribution in [0.15, 0.2) is 17.2 Å². The summed E-state index contributed by atoms with van der Waals surface area (Å²) in [6, 6.07) is 0. The first-order valence-electron chi connectivity index (χ1n) is 3.27. The number of aromatic nitrogens is 2. The molecule has 0 saturated carbocycles. The third kappa shape index (κ3) is 1.07. The molecule has 0 bridgehead atoms. The fraction of sp³-hybridized carbons (Fsp3) is 0.429. The predicted octanol–water partition coefficient (Wildman–Crippen LogP) is 0.572. The van der Waals surface area contributed by atoms with Crippen LogP contribution < -0.4 is 5.56 Å². The zero-order valence-electron chi connectivity index (χ0n) is 6.16. The highest BCUT2D eigenvalue weighted by atomic mass is 16.1. The molecule has 1 heterocycles. The first-order valence-corrected chi connectivity index (χ1v) is 3.27. The molecule has 0 saturated heterocycles. The van der Waals surface area contributed by atoms with Crippen molar-refractivity contribution in [3.63, 3.8) is 0 Å². The topological polar surface area (TPSA) is 34.9 Å². The lowest BCUT2D eigenvalue weighted by atomic mass is 10.5. The highest BCUT2D eigenvalue weighted by Gasteiger charge is 1.94. The maximum absolute atomic E-state index is 11.1. The zero-order valence-corrected chi connectivity index (χ0v) is 6.16. The highest BCUT2D eigenvalue weighted by molar-refractivity contribution is 4.93. The van der Waals surface area contributed by atoms with Crippen LogP contribution in [-0.4, -0.2) is 9.55 Å². The van der Waals surface area contributed by atoms with E-state index < -0.39 is 0 Å². The van der Waals surface area contributed by atoms with E-state index >= 15 is 0 Å². The monoisotopic (exact) mass is 138 g/mol. The van der Waals surface area contributed by atoms with Crippen LogP contribution in [0, 0.1) is 6.92 Å². The van der Waals surface area contributed by atoms with Crippen molar-refractivity contribution in [2.24, 2.45) is 0 Å². The molecule has 0 fully saturated rings. The largest absolute Gasteiger partial charge is 0.313 e. The summed E-state index contributed by atoms with van der Waals surface area (Å²) in [6.07, 6.45) is 3.33. The molecule has 0 aliphatic carbocycles. The lowest BCUT2D eigenvalue weighted by Gasteiger charge is -1.99. The summed E-state index contributed by atoms with van der Waals surface area (Å²) < 4.78 is 1.63. The summed E-state index contributed by atoms with van der Waals surface area (Å²) in [5, 5.41) is 0. The van der Waals surface area contributed by atoms with Crippen molar-refractivity contribution in [1.29, 1.82) is 0 Å². The smallest absolute Gasteiger partial charge is 0.271 e. The number of hydrogen-bond acceptors (Lipinski definition) is 2. The Morgan fingerprint density at radius 1 is 1.70 bits per heavy atom. The van der Waals surface area contributed by atoms with Crippen molar-refractivity contribution in [3.05, 3.63) is 28.4 Å². The molecule has 3 nitrogen and oxygen atoms in total. The van der Waals surface area contributed by atoms with Gasteiger partial charge in [-0.05, 0) is 13.8 Å². The molecule has 1 aromatic heterocycles. The van der Waals surface area contributed by atoms with Gasteiger partial charge in [0.05, 0.1) is 0 Å². The standard InChI is InChI=1S/C7H10N2O/c1-3-9-5-4-8-6(2)7(9)10/h4-5H,3H2,1-2H3. The molecular weight excluding hydrogens is 128 g/mol. The lowest BCUT2D eigenvalue weighted by Crippen LogP contribution is -2.21. The molecule has 1 rings (SSSR count). The Balaban J connectivity index is 3.28. The molecule has 0 N–H and O–H groups in total. The fourth-order valence-corrected chi connectivity index (χ4v) is 0.805. The quantitative estimate of drug-likeness (QED) is 0.568. The summed E-state index contributed by atoms with van der Waals surface area (Å²) in [6.45, 7) is 4.36. The molecule has 0 aromatic carbocycles. The van der Waals surface area contributed by atoms with Gasteiger partial charge in [-0.25, -0.2) is 0 Å². The van der Waals surface area contributed by atoms with Crippen LogP contribution in [0.4, 0.5) is 0 Å². The minimum Gasteiger partial charge on any atom is -0.313 e. The van der Waals surface area contributed by atoms with Gasteiger partial charge in [0.25, 0.3) is 5.56 Å². The van der Waals surface area contributed by atoms with Gasteiger partial charge in [-0.15, -0.1) is 0 Å². The van der Waals surface area contributed by atoms with E-state index in [0.29, 0.717) is 12.2 Å². The van der Waals surface area contributed by atoms with Crippen LogP contribution in [0.3, 0.4) is 0 Å². The summed E-state index contributed by atoms with van der Waals surface area (Å²) >= 11 is 0. The highest BCUT2D eigenvalue weighted by Crippen LogP contribution is 1.81. The van der Waals surface area contributed by atoms with E-state index in [-0.39, 0.29) is 5.56 Å². The molecule has 0 unspecified atom stereocenters. The fourth-order valence-electron chi connectivity index (χ4n) is 0.805. The molecule has 0 amide bonds. The normalized spacial score (nSPS) is 9.80. The Bertz CT molecular complexity index is 277. The number of hydrogen-bond donors (Lipinski definition) is 0. The molecule has 3 heteroatoms. The third-order valence-corrected chi connectivity index (χ3v) is 1.43. The van der Waals surface area contributed by atoms with Crippen molar-refractivity contribution < 1.29 is 0 Å². The average Bonchev–Trinajstić information content (AvgIpc) is 1.95. The van der Waals surface area contributed by atoms with Crippen molar-refractivity contribution in [3.8, 4) is 0 Å². The van der Waals surface area contributed by atoms with E-state index in [1.807, 2.05) is 6.92 Å². The van der Waals surface area contributed by atoms with Crippen LogP contribution in [0.5, 0.6) is 0 Å². The van der Waals surface area contributed by atoms with Gasteiger partial charge in [-0.2, -0.15) is 0 Å². The maximum Gasteiger partial charge on any atom is 0.271 e. The molecule has 0 spiro atoms. The lowest BCUT2D eigenvalue weighted by molar-refractivity contribution is 0.708. The Hall–Kier alpha value is -1.12. The maximum atomic E-state index is 11.1. The van der Waals surface area contributed by atoms with Gasteiger partial charge in [0.2, 0.25) is 0 Å². The van der Waals surface area contributed by atoms with Gasteiger partial charge in [0.15, 0.2) is 0 Å². The predicted molar refractivity (Wildman–Crippen MR) is 38.9 cm³/mol.